The van der Waals surface area contributed by atoms with Crippen molar-refractivity contribution in [1.29, 1.82) is 0 Å². The molecule has 0 radical (unpaired) electrons. The van der Waals surface area contributed by atoms with Gasteiger partial charge in [-0.25, -0.2) is 28.6 Å². The van der Waals surface area contributed by atoms with E-state index in [2.05, 4.69) is 34.4 Å². The molecule has 1 aliphatic heterocycles. The second kappa shape index (κ2) is 25.3. The number of nitrogens with two attached hydrogens (primary N) is 1. The van der Waals surface area contributed by atoms with E-state index in [0.717, 1.165) is 62.4 Å². The number of thioether (sulfide) groups is 1. The molecule has 11 N–H and O–H groups in total. The van der Waals surface area contributed by atoms with Gasteiger partial charge in [-0.3, -0.25) is 32.5 Å². The first kappa shape index (κ1) is 59.1. The zero-order valence-corrected chi connectivity index (χ0v) is 44.3. The van der Waals surface area contributed by atoms with E-state index in [4.69, 9.17) is 24.3 Å². The van der Waals surface area contributed by atoms with Gasteiger partial charge in [0.1, 0.15) is 47.8 Å². The number of rotatable bonds is 26. The van der Waals surface area contributed by atoms with E-state index in [1.165, 1.54) is 13.8 Å². The number of fused-ring (bicyclic) bond motifs is 1. The number of hydrogen-bond acceptors (Lipinski definition) is 20. The van der Waals surface area contributed by atoms with E-state index >= 15 is 0 Å². The molecule has 7 atom stereocenters. The number of benzene rings is 3. The van der Waals surface area contributed by atoms with Crippen LogP contribution < -0.4 is 21.1 Å². The van der Waals surface area contributed by atoms with Crippen LogP contribution >= 0.6 is 35.2 Å². The molecule has 0 spiro atoms. The number of carbonyl (C=O) groups excluding carboxylic acids is 3. The number of ether oxygens (including phenoxy) is 2. The summed E-state index contributed by atoms with van der Waals surface area (Å²) in [5, 5.41) is 36.8. The van der Waals surface area contributed by atoms with Crippen molar-refractivity contribution in [1.82, 2.24) is 30.2 Å². The Labute approximate surface area is 433 Å². The zero-order chi connectivity index (χ0) is 54.9. The lowest BCUT2D eigenvalue weighted by molar-refractivity contribution is -0.137. The molecule has 0 bridgehead atoms. The number of amides is 2. The number of aliphatic hydroxyl groups excluding tert-OH is 2. The Kier molecular flexibility index (Phi) is 19.9. The second-order valence-electron chi connectivity index (χ2n) is 17.9. The quantitative estimate of drug-likeness (QED) is 0.0280. The van der Waals surface area contributed by atoms with Crippen molar-refractivity contribution < 1.29 is 90.3 Å². The first-order chi connectivity index (χ1) is 35.2. The Morgan fingerprint density at radius 1 is 0.907 bits per heavy atom. The maximum atomic E-state index is 12.8. The van der Waals surface area contributed by atoms with Gasteiger partial charge in [0, 0.05) is 37.1 Å². The Morgan fingerprint density at radius 2 is 1.60 bits per heavy atom. The SMILES string of the molecule is Cc1cc(OCC(=O)SCCNC(=O)CCNC(=O)C(O)C(C)(C)COP(=O)(O)OP(=O)(O)OCC2OC(n3cnc4c(N)ncnc43)C(O)C2OP(=O)(O)O)cc(C)c1Cc1ccc(O)c(Cc2ccccc2)c1. The van der Waals surface area contributed by atoms with Gasteiger partial charge in [-0.2, -0.15) is 4.31 Å². The zero-order valence-electron chi connectivity index (χ0n) is 40.8. The summed E-state index contributed by atoms with van der Waals surface area (Å²) in [4.78, 5) is 89.1. The maximum absolute atomic E-state index is 12.8. The lowest BCUT2D eigenvalue weighted by Gasteiger charge is -2.30. The summed E-state index contributed by atoms with van der Waals surface area (Å²) in [6, 6.07) is 19.3. The van der Waals surface area contributed by atoms with Gasteiger partial charge in [-0.1, -0.05) is 68.1 Å². The molecule has 30 heteroatoms. The summed E-state index contributed by atoms with van der Waals surface area (Å²) in [6.07, 6.45) is -5.83. The van der Waals surface area contributed by atoms with E-state index < -0.39 is 84.6 Å². The lowest BCUT2D eigenvalue weighted by atomic mass is 9.87. The number of aromatic nitrogens is 4. The number of imidazole rings is 1. The molecule has 1 saturated heterocycles. The topological polar surface area (TPSA) is 393 Å². The number of anilines is 1. The number of aromatic hydroxyl groups is 1. The van der Waals surface area contributed by atoms with Crippen LogP contribution in [0.1, 0.15) is 59.9 Å². The molecule has 75 heavy (non-hydrogen) atoms. The Bertz CT molecular complexity index is 2960. The second-order valence-corrected chi connectivity index (χ2v) is 23.3. The molecule has 2 amide bonds. The van der Waals surface area contributed by atoms with Gasteiger partial charge in [0.05, 0.1) is 19.5 Å². The average Bonchev–Trinajstić information content (AvgIpc) is 3.90. The maximum Gasteiger partial charge on any atom is 0.481 e. The fourth-order valence-corrected chi connectivity index (χ4v) is 11.1. The molecule has 26 nitrogen and oxygen atoms in total. The fraction of sp³-hybridized carbons (Fsp3) is 0.422. The first-order valence-corrected chi connectivity index (χ1v) is 28.3. The number of carbonyl (C=O) groups is 3. The number of phenolic OH excluding ortho intramolecular Hbond substituents is 1. The van der Waals surface area contributed by atoms with Crippen molar-refractivity contribution in [3.05, 3.63) is 107 Å². The minimum atomic E-state index is -5.60. The van der Waals surface area contributed by atoms with Gasteiger partial charge in [0.2, 0.25) is 16.9 Å². The number of hydrogen-bond donors (Lipinski definition) is 10. The Balaban J connectivity index is 0.872. The summed E-state index contributed by atoms with van der Waals surface area (Å²) in [5.41, 5.74) is 10.3. The van der Waals surface area contributed by atoms with Crippen LogP contribution in [0.4, 0.5) is 5.82 Å². The highest BCUT2D eigenvalue weighted by Gasteiger charge is 2.50. The van der Waals surface area contributed by atoms with Gasteiger partial charge in [0.15, 0.2) is 24.3 Å². The number of phosphoric ester groups is 3. The molecule has 0 saturated carbocycles. The molecule has 1 aliphatic rings. The molecule has 0 aliphatic carbocycles. The van der Waals surface area contributed by atoms with E-state index in [1.807, 2.05) is 68.4 Å². The number of aliphatic hydroxyl groups is 2. The molecular weight excluding hydrogens is 1070 g/mol. The molecular formula is C45H58N7O19P3S. The Morgan fingerprint density at radius 3 is 2.29 bits per heavy atom. The van der Waals surface area contributed by atoms with Crippen LogP contribution in [0.5, 0.6) is 11.5 Å². The molecule has 7 unspecified atom stereocenters. The van der Waals surface area contributed by atoms with Crippen molar-refractivity contribution >= 4 is 69.1 Å². The number of phosphoric acid groups is 3. The molecule has 1 fully saturated rings. The number of nitrogen functional groups attached to an aromatic ring is 1. The van der Waals surface area contributed by atoms with Crippen molar-refractivity contribution in [2.75, 3.05) is 44.4 Å². The number of nitrogens with one attached hydrogen (secondary N) is 2. The van der Waals surface area contributed by atoms with Gasteiger partial charge in [-0.05, 0) is 71.8 Å². The van der Waals surface area contributed by atoms with Crippen LogP contribution in [0.2, 0.25) is 0 Å². The van der Waals surface area contributed by atoms with Gasteiger partial charge in [0.25, 0.3) is 0 Å². The minimum Gasteiger partial charge on any atom is -0.508 e. The van der Waals surface area contributed by atoms with E-state index in [1.54, 1.807) is 6.07 Å². The Hall–Kier alpha value is -5.18. The highest BCUT2D eigenvalue weighted by atomic mass is 32.2. The van der Waals surface area contributed by atoms with E-state index in [-0.39, 0.29) is 59.7 Å². The third-order valence-corrected chi connectivity index (χ3v) is 15.5. The standard InChI is InChI=1S/C45H58N7O19P3S/c1-26-16-31(17-27(2)32(26)20-29-10-11-33(53)30(19-29)18-28-8-6-5-7-9-28)66-22-36(55)75-15-14-47-35(54)12-13-48-43(58)40(57)45(3,4)23-68-74(64,65)71-73(62,63)67-21-34-39(70-72(59,60)61)38(56)44(69-34)52-25-51-37-41(46)49-24-50-42(37)52/h5-11,16-17,19,24-25,34,38-40,44,53,56-57H,12-15,18,20-23H2,1-4H3,(H,47,54)(H,48,58)(H,62,63)(H,64,65)(H2,46,49,50)(H2,59,60,61). The van der Waals surface area contributed by atoms with Gasteiger partial charge >= 0.3 is 23.5 Å². The summed E-state index contributed by atoms with van der Waals surface area (Å²) in [7, 11) is -16.5. The van der Waals surface area contributed by atoms with Crippen molar-refractivity contribution in [2.24, 2.45) is 5.41 Å². The summed E-state index contributed by atoms with van der Waals surface area (Å²) in [5.74, 6) is -0.537. The van der Waals surface area contributed by atoms with E-state index in [0.29, 0.717) is 18.6 Å². The molecule has 5 aromatic rings. The third kappa shape index (κ3) is 16.9. The molecule has 3 aromatic carbocycles. The molecule has 408 valence electrons. The highest BCUT2D eigenvalue weighted by molar-refractivity contribution is 8.13. The monoisotopic (exact) mass is 1130 g/mol. The summed E-state index contributed by atoms with van der Waals surface area (Å²) < 4.78 is 68.4. The molecule has 3 heterocycles. The third-order valence-electron chi connectivity index (χ3n) is 11.6. The summed E-state index contributed by atoms with van der Waals surface area (Å²) >= 11 is 0.960. The van der Waals surface area contributed by atoms with Crippen molar-refractivity contribution in [2.45, 2.75) is 77.6 Å². The van der Waals surface area contributed by atoms with Gasteiger partial charge < -0.3 is 60.7 Å². The number of phenols is 1. The van der Waals surface area contributed by atoms with Crippen LogP contribution in [0.25, 0.3) is 11.2 Å². The number of aryl methyl sites for hydroxylation is 2. The smallest absolute Gasteiger partial charge is 0.481 e. The predicted octanol–water partition coefficient (Wildman–Crippen LogP) is 3.25. The normalized spacial score (nSPS) is 19.0. The van der Waals surface area contributed by atoms with Crippen LogP contribution in [-0.2, 0) is 63.5 Å². The average molecular weight is 1130 g/mol. The van der Waals surface area contributed by atoms with Crippen LogP contribution in [0.15, 0.2) is 73.3 Å². The van der Waals surface area contributed by atoms with Crippen LogP contribution in [0.3, 0.4) is 0 Å². The first-order valence-electron chi connectivity index (χ1n) is 22.8. The van der Waals surface area contributed by atoms with Crippen LogP contribution in [-0.4, -0.2) is 134 Å². The summed E-state index contributed by atoms with van der Waals surface area (Å²) in [6.45, 7) is 4.03. The van der Waals surface area contributed by atoms with Gasteiger partial charge in [-0.15, -0.1) is 0 Å². The largest absolute Gasteiger partial charge is 0.508 e. The van der Waals surface area contributed by atoms with Crippen molar-refractivity contribution in [3.63, 3.8) is 0 Å². The highest BCUT2D eigenvalue weighted by Crippen LogP contribution is 2.61. The van der Waals surface area contributed by atoms with E-state index in [9.17, 15) is 63.0 Å². The predicted molar refractivity (Wildman–Crippen MR) is 269 cm³/mol. The van der Waals surface area contributed by atoms with Crippen molar-refractivity contribution in [3.8, 4) is 11.5 Å². The molecule has 2 aromatic heterocycles. The minimum absolute atomic E-state index is 0.0224. The lowest BCUT2D eigenvalue weighted by Crippen LogP contribution is -2.46. The van der Waals surface area contributed by atoms with Crippen LogP contribution in [0, 0.1) is 19.3 Å². The molecule has 6 rings (SSSR count). The number of nitrogens with zero attached hydrogens (tertiary/aromatic N) is 4. The fourth-order valence-electron chi connectivity index (χ4n) is 7.71.